The van der Waals surface area contributed by atoms with Gasteiger partial charge in [0.05, 0.1) is 0 Å². The number of amides is 2. The molecule has 0 unspecified atom stereocenters. The third-order valence-electron chi connectivity index (χ3n) is 4.86. The maximum Gasteiger partial charge on any atom is 0.277 e. The predicted molar refractivity (Wildman–Crippen MR) is 99.7 cm³/mol. The molecule has 6 nitrogen and oxygen atoms in total. The van der Waals surface area contributed by atoms with Gasteiger partial charge in [-0.3, -0.25) is 9.59 Å². The Morgan fingerprint density at radius 2 is 1.74 bits per heavy atom. The molecule has 136 valence electrons. The standard InChI is InChI=1S/C21H19N3O3/c1-13-18(23-20(27-13)14-7-3-2-4-8-14)21(26)24-12-16-10-6-5-9-15(16)11-17(24)19(22)25/h2-10,17H,11-12H2,1H3,(H2,22,25)/t17-/m1/s1. The van der Waals surface area contributed by atoms with Gasteiger partial charge in [-0.15, -0.1) is 0 Å². The van der Waals surface area contributed by atoms with Crippen LogP contribution in [0.5, 0.6) is 0 Å². The van der Waals surface area contributed by atoms with Crippen molar-refractivity contribution < 1.29 is 14.0 Å². The summed E-state index contributed by atoms with van der Waals surface area (Å²) in [6.07, 6.45) is 0.402. The van der Waals surface area contributed by atoms with Crippen LogP contribution >= 0.6 is 0 Å². The molecule has 27 heavy (non-hydrogen) atoms. The fraction of sp³-hybridized carbons (Fsp3) is 0.190. The number of hydrogen-bond acceptors (Lipinski definition) is 4. The number of carbonyl (C=O) groups excluding carboxylic acids is 2. The van der Waals surface area contributed by atoms with Crippen LogP contribution in [0.15, 0.2) is 59.0 Å². The monoisotopic (exact) mass is 361 g/mol. The van der Waals surface area contributed by atoms with Crippen molar-refractivity contribution in [2.45, 2.75) is 25.9 Å². The fourth-order valence-corrected chi connectivity index (χ4v) is 3.43. The number of carbonyl (C=O) groups is 2. The van der Waals surface area contributed by atoms with Gasteiger partial charge in [-0.05, 0) is 30.2 Å². The van der Waals surface area contributed by atoms with Crippen LogP contribution in [0.1, 0.15) is 27.4 Å². The van der Waals surface area contributed by atoms with E-state index in [1.165, 1.54) is 4.90 Å². The number of nitrogens with zero attached hydrogens (tertiary/aromatic N) is 2. The molecule has 3 aromatic rings. The number of nitrogens with two attached hydrogens (primary N) is 1. The van der Waals surface area contributed by atoms with Crippen molar-refractivity contribution in [3.63, 3.8) is 0 Å². The number of benzene rings is 2. The van der Waals surface area contributed by atoms with E-state index in [0.717, 1.165) is 16.7 Å². The van der Waals surface area contributed by atoms with Crippen molar-refractivity contribution in [3.8, 4) is 11.5 Å². The van der Waals surface area contributed by atoms with Crippen molar-refractivity contribution in [3.05, 3.63) is 77.2 Å². The summed E-state index contributed by atoms with van der Waals surface area (Å²) in [5, 5.41) is 0. The molecular weight excluding hydrogens is 342 g/mol. The third-order valence-corrected chi connectivity index (χ3v) is 4.86. The zero-order chi connectivity index (χ0) is 19.0. The molecule has 2 amide bonds. The summed E-state index contributed by atoms with van der Waals surface area (Å²) in [6.45, 7) is 2.01. The predicted octanol–water partition coefficient (Wildman–Crippen LogP) is 2.70. The number of aromatic nitrogens is 1. The quantitative estimate of drug-likeness (QED) is 0.777. The van der Waals surface area contributed by atoms with Gasteiger partial charge in [0.2, 0.25) is 11.8 Å². The normalized spacial score (nSPS) is 16.0. The van der Waals surface area contributed by atoms with Crippen molar-refractivity contribution >= 4 is 11.8 Å². The largest absolute Gasteiger partial charge is 0.441 e. The first-order valence-electron chi connectivity index (χ1n) is 8.74. The summed E-state index contributed by atoms with van der Waals surface area (Å²) in [5.41, 5.74) is 8.62. The van der Waals surface area contributed by atoms with Crippen LogP contribution in [-0.4, -0.2) is 27.7 Å². The van der Waals surface area contributed by atoms with Gasteiger partial charge in [-0.2, -0.15) is 0 Å². The third kappa shape index (κ3) is 3.10. The van der Waals surface area contributed by atoms with Crippen molar-refractivity contribution in [2.24, 2.45) is 5.73 Å². The molecule has 2 N–H and O–H groups in total. The molecule has 0 saturated heterocycles. The Hall–Kier alpha value is -3.41. The first-order valence-corrected chi connectivity index (χ1v) is 8.74. The van der Waals surface area contributed by atoms with E-state index in [1.807, 2.05) is 54.6 Å². The lowest BCUT2D eigenvalue weighted by Gasteiger charge is -2.34. The van der Waals surface area contributed by atoms with Crippen LogP contribution in [0.3, 0.4) is 0 Å². The Morgan fingerprint density at radius 1 is 1.07 bits per heavy atom. The molecule has 1 atom stereocenters. The lowest BCUT2D eigenvalue weighted by atomic mass is 9.93. The van der Waals surface area contributed by atoms with Gasteiger partial charge in [-0.25, -0.2) is 4.98 Å². The Kier molecular flexibility index (Phi) is 4.24. The Labute approximate surface area is 156 Å². The molecule has 0 bridgehead atoms. The van der Waals surface area contributed by atoms with Crippen LogP contribution in [0, 0.1) is 6.92 Å². The lowest BCUT2D eigenvalue weighted by molar-refractivity contribution is -0.122. The number of fused-ring (bicyclic) bond motifs is 1. The molecule has 0 spiro atoms. The smallest absolute Gasteiger partial charge is 0.277 e. The van der Waals surface area contributed by atoms with Crippen molar-refractivity contribution in [1.82, 2.24) is 9.88 Å². The minimum absolute atomic E-state index is 0.208. The molecule has 0 aliphatic carbocycles. The summed E-state index contributed by atoms with van der Waals surface area (Å²) in [4.78, 5) is 31.1. The Balaban J connectivity index is 1.69. The summed E-state index contributed by atoms with van der Waals surface area (Å²) in [5.74, 6) is -0.0792. The second-order valence-corrected chi connectivity index (χ2v) is 6.61. The van der Waals surface area contributed by atoms with E-state index in [0.29, 0.717) is 24.6 Å². The molecule has 1 aromatic heterocycles. The zero-order valence-electron chi connectivity index (χ0n) is 14.9. The number of hydrogen-bond donors (Lipinski definition) is 1. The zero-order valence-corrected chi connectivity index (χ0v) is 14.9. The van der Waals surface area contributed by atoms with E-state index in [-0.39, 0.29) is 11.6 Å². The van der Waals surface area contributed by atoms with Gasteiger partial charge < -0.3 is 15.1 Å². The van der Waals surface area contributed by atoms with E-state index >= 15 is 0 Å². The molecule has 2 heterocycles. The van der Waals surface area contributed by atoms with Gasteiger partial charge in [0.1, 0.15) is 11.8 Å². The molecule has 1 aliphatic heterocycles. The first kappa shape index (κ1) is 17.0. The van der Waals surface area contributed by atoms with Crippen LogP contribution in [0.25, 0.3) is 11.5 Å². The molecule has 0 fully saturated rings. The SMILES string of the molecule is Cc1oc(-c2ccccc2)nc1C(=O)N1Cc2ccccc2C[C@@H]1C(N)=O. The Bertz CT molecular complexity index is 1010. The van der Waals surface area contributed by atoms with Gasteiger partial charge in [0, 0.05) is 18.5 Å². The number of primary amides is 1. The molecular formula is C21H19N3O3. The van der Waals surface area contributed by atoms with Crippen LogP contribution in [0.2, 0.25) is 0 Å². The molecule has 2 aromatic carbocycles. The lowest BCUT2D eigenvalue weighted by Crippen LogP contribution is -2.51. The fourth-order valence-electron chi connectivity index (χ4n) is 3.43. The van der Waals surface area contributed by atoms with Gasteiger partial charge in [0.25, 0.3) is 5.91 Å². The van der Waals surface area contributed by atoms with Crippen LogP contribution in [-0.2, 0) is 17.8 Å². The summed E-state index contributed by atoms with van der Waals surface area (Å²) in [6, 6.07) is 16.4. The van der Waals surface area contributed by atoms with E-state index in [1.54, 1.807) is 6.92 Å². The minimum Gasteiger partial charge on any atom is -0.441 e. The van der Waals surface area contributed by atoms with E-state index < -0.39 is 11.9 Å². The minimum atomic E-state index is -0.705. The van der Waals surface area contributed by atoms with E-state index in [9.17, 15) is 9.59 Å². The van der Waals surface area contributed by atoms with Gasteiger partial charge in [-0.1, -0.05) is 42.5 Å². The number of rotatable bonds is 3. The highest BCUT2D eigenvalue weighted by Gasteiger charge is 2.35. The molecule has 6 heteroatoms. The van der Waals surface area contributed by atoms with E-state index in [4.69, 9.17) is 10.2 Å². The second kappa shape index (κ2) is 6.72. The van der Waals surface area contributed by atoms with Gasteiger partial charge in [0.15, 0.2) is 5.69 Å². The summed E-state index contributed by atoms with van der Waals surface area (Å²) < 4.78 is 5.70. The topological polar surface area (TPSA) is 89.4 Å². The molecule has 1 aliphatic rings. The van der Waals surface area contributed by atoms with Crippen molar-refractivity contribution in [2.75, 3.05) is 0 Å². The highest BCUT2D eigenvalue weighted by molar-refractivity contribution is 5.97. The van der Waals surface area contributed by atoms with Crippen LogP contribution in [0.4, 0.5) is 0 Å². The first-order chi connectivity index (χ1) is 13.0. The number of oxazole rings is 1. The highest BCUT2D eigenvalue weighted by Crippen LogP contribution is 2.27. The van der Waals surface area contributed by atoms with Crippen molar-refractivity contribution in [1.29, 1.82) is 0 Å². The molecule has 4 rings (SSSR count). The Morgan fingerprint density at radius 3 is 2.44 bits per heavy atom. The second-order valence-electron chi connectivity index (χ2n) is 6.61. The molecule has 0 saturated carbocycles. The van der Waals surface area contributed by atoms with E-state index in [2.05, 4.69) is 4.98 Å². The molecule has 0 radical (unpaired) electrons. The average Bonchev–Trinajstić information content (AvgIpc) is 3.08. The average molecular weight is 361 g/mol. The summed E-state index contributed by atoms with van der Waals surface area (Å²) in [7, 11) is 0. The highest BCUT2D eigenvalue weighted by atomic mass is 16.4. The maximum absolute atomic E-state index is 13.2. The van der Waals surface area contributed by atoms with Crippen LogP contribution < -0.4 is 5.73 Å². The maximum atomic E-state index is 13.2. The van der Waals surface area contributed by atoms with Gasteiger partial charge >= 0.3 is 0 Å². The summed E-state index contributed by atoms with van der Waals surface area (Å²) >= 11 is 0. The number of aryl methyl sites for hydroxylation is 1.